The van der Waals surface area contributed by atoms with E-state index in [2.05, 4.69) is 52.1 Å². The normalized spacial score (nSPS) is 16.0. The molecule has 0 unspecified atom stereocenters. The van der Waals surface area contributed by atoms with Gasteiger partial charge in [0.2, 0.25) is 0 Å². The number of oxazole rings is 1. The van der Waals surface area contributed by atoms with E-state index in [-0.39, 0.29) is 0 Å². The molecule has 0 bridgehead atoms. The summed E-state index contributed by atoms with van der Waals surface area (Å²) in [5.74, 6) is 0. The van der Waals surface area contributed by atoms with Gasteiger partial charge in [-0.3, -0.25) is 9.58 Å². The number of aryl methyl sites for hydroxylation is 2. The van der Waals surface area contributed by atoms with Gasteiger partial charge in [0, 0.05) is 45.5 Å². The second kappa shape index (κ2) is 6.88. The second-order valence-electron chi connectivity index (χ2n) is 6.75. The molecule has 3 aromatic rings. The van der Waals surface area contributed by atoms with Gasteiger partial charge in [-0.1, -0.05) is 6.07 Å². The van der Waals surface area contributed by atoms with Crippen molar-refractivity contribution >= 4 is 17.1 Å². The van der Waals surface area contributed by atoms with Crippen LogP contribution in [0.4, 0.5) is 6.01 Å². The molecule has 6 heteroatoms. The minimum atomic E-state index is 0.754. The second-order valence-corrected chi connectivity index (χ2v) is 6.75. The third-order valence-corrected chi connectivity index (χ3v) is 4.90. The van der Waals surface area contributed by atoms with Crippen LogP contribution in [0.2, 0.25) is 0 Å². The maximum absolute atomic E-state index is 5.93. The van der Waals surface area contributed by atoms with Crippen LogP contribution in [0.3, 0.4) is 0 Å². The topological polar surface area (TPSA) is 50.3 Å². The fourth-order valence-electron chi connectivity index (χ4n) is 3.32. The zero-order valence-electron chi connectivity index (χ0n) is 15.0. The lowest BCUT2D eigenvalue weighted by Crippen LogP contribution is -2.47. The molecule has 0 aliphatic carbocycles. The summed E-state index contributed by atoms with van der Waals surface area (Å²) >= 11 is 0. The molecule has 132 valence electrons. The van der Waals surface area contributed by atoms with E-state index < -0.39 is 0 Å². The Morgan fingerprint density at radius 2 is 2.00 bits per heavy atom. The predicted molar refractivity (Wildman–Crippen MR) is 99.0 cm³/mol. The molecule has 1 aromatic carbocycles. The van der Waals surface area contributed by atoms with E-state index >= 15 is 0 Å². The standard InChI is InChI=1S/C19H25N5O/c1-3-24-14-16(13-20-24)6-7-22-8-10-23(11-9-22)19-21-17-12-15(2)4-5-18(17)25-19/h4-5,12-14H,3,6-11H2,1-2H3. The summed E-state index contributed by atoms with van der Waals surface area (Å²) in [7, 11) is 0. The van der Waals surface area contributed by atoms with E-state index in [1.165, 1.54) is 11.1 Å². The maximum atomic E-state index is 5.93. The lowest BCUT2D eigenvalue weighted by Gasteiger charge is -2.33. The van der Waals surface area contributed by atoms with Crippen molar-refractivity contribution in [3.63, 3.8) is 0 Å². The summed E-state index contributed by atoms with van der Waals surface area (Å²) < 4.78 is 7.92. The predicted octanol–water partition coefficient (Wildman–Crippen LogP) is 2.72. The molecule has 1 saturated heterocycles. The number of nitrogens with zero attached hydrogens (tertiary/aromatic N) is 5. The minimum absolute atomic E-state index is 0.754. The van der Waals surface area contributed by atoms with Crippen LogP contribution >= 0.6 is 0 Å². The number of anilines is 1. The summed E-state index contributed by atoms with van der Waals surface area (Å²) in [6.07, 6.45) is 5.19. The van der Waals surface area contributed by atoms with Crippen molar-refractivity contribution in [1.82, 2.24) is 19.7 Å². The van der Waals surface area contributed by atoms with E-state index in [9.17, 15) is 0 Å². The van der Waals surface area contributed by atoms with Crippen molar-refractivity contribution in [2.45, 2.75) is 26.8 Å². The number of rotatable bonds is 5. The van der Waals surface area contributed by atoms with Crippen LogP contribution < -0.4 is 4.90 Å². The quantitative estimate of drug-likeness (QED) is 0.715. The van der Waals surface area contributed by atoms with Crippen LogP contribution in [-0.2, 0) is 13.0 Å². The van der Waals surface area contributed by atoms with Crippen molar-refractivity contribution in [2.75, 3.05) is 37.6 Å². The summed E-state index contributed by atoms with van der Waals surface area (Å²) in [6, 6.07) is 6.91. The van der Waals surface area contributed by atoms with Gasteiger partial charge < -0.3 is 9.32 Å². The molecule has 1 aliphatic heterocycles. The molecular weight excluding hydrogens is 314 g/mol. The van der Waals surface area contributed by atoms with Crippen molar-refractivity contribution in [3.8, 4) is 0 Å². The largest absolute Gasteiger partial charge is 0.423 e. The molecule has 25 heavy (non-hydrogen) atoms. The van der Waals surface area contributed by atoms with Gasteiger partial charge in [0.15, 0.2) is 5.58 Å². The molecule has 2 aromatic heterocycles. The van der Waals surface area contributed by atoms with Crippen molar-refractivity contribution in [1.29, 1.82) is 0 Å². The third-order valence-electron chi connectivity index (χ3n) is 4.90. The molecule has 0 N–H and O–H groups in total. The molecule has 4 rings (SSSR count). The van der Waals surface area contributed by atoms with Crippen LogP contribution in [0.5, 0.6) is 0 Å². The molecule has 1 fully saturated rings. The van der Waals surface area contributed by atoms with Crippen LogP contribution in [0.15, 0.2) is 35.0 Å². The van der Waals surface area contributed by atoms with Crippen molar-refractivity contribution < 1.29 is 4.42 Å². The van der Waals surface area contributed by atoms with Gasteiger partial charge in [0.25, 0.3) is 6.01 Å². The average Bonchev–Trinajstić information content (AvgIpc) is 3.26. The number of piperazine rings is 1. The van der Waals surface area contributed by atoms with E-state index in [0.717, 1.165) is 62.8 Å². The Balaban J connectivity index is 1.32. The van der Waals surface area contributed by atoms with Crippen molar-refractivity contribution in [3.05, 3.63) is 41.7 Å². The molecule has 0 atom stereocenters. The third kappa shape index (κ3) is 3.54. The molecule has 3 heterocycles. The van der Waals surface area contributed by atoms with Crippen LogP contribution in [0, 0.1) is 6.92 Å². The number of hydrogen-bond acceptors (Lipinski definition) is 5. The van der Waals surface area contributed by atoms with E-state index in [1.54, 1.807) is 0 Å². The Bertz CT molecular complexity index is 844. The van der Waals surface area contributed by atoms with Gasteiger partial charge in [-0.25, -0.2) is 0 Å². The highest BCUT2D eigenvalue weighted by molar-refractivity contribution is 5.75. The monoisotopic (exact) mass is 339 g/mol. The Labute approximate surface area is 148 Å². The van der Waals surface area contributed by atoms with E-state index in [0.29, 0.717) is 0 Å². The first-order valence-corrected chi connectivity index (χ1v) is 9.07. The molecule has 6 nitrogen and oxygen atoms in total. The van der Waals surface area contributed by atoms with Gasteiger partial charge in [-0.05, 0) is 43.5 Å². The summed E-state index contributed by atoms with van der Waals surface area (Å²) in [4.78, 5) is 9.42. The van der Waals surface area contributed by atoms with Gasteiger partial charge in [-0.15, -0.1) is 0 Å². The SMILES string of the molecule is CCn1cc(CCN2CCN(c3nc4cc(C)ccc4o3)CC2)cn1. The number of hydrogen-bond donors (Lipinski definition) is 0. The van der Waals surface area contributed by atoms with Gasteiger partial charge in [0.05, 0.1) is 6.20 Å². The minimum Gasteiger partial charge on any atom is -0.423 e. The lowest BCUT2D eigenvalue weighted by molar-refractivity contribution is 0.256. The maximum Gasteiger partial charge on any atom is 0.298 e. The molecule has 0 spiro atoms. The number of benzene rings is 1. The first kappa shape index (κ1) is 16.1. The first-order valence-electron chi connectivity index (χ1n) is 9.07. The van der Waals surface area contributed by atoms with Crippen LogP contribution in [0.1, 0.15) is 18.1 Å². The van der Waals surface area contributed by atoms with Crippen LogP contribution in [-0.4, -0.2) is 52.4 Å². The Hall–Kier alpha value is -2.34. The molecular formula is C19H25N5O. The summed E-state index contributed by atoms with van der Waals surface area (Å²) in [5.41, 5.74) is 4.35. The zero-order valence-corrected chi connectivity index (χ0v) is 15.0. The number of fused-ring (bicyclic) bond motifs is 1. The molecule has 1 aliphatic rings. The van der Waals surface area contributed by atoms with E-state index in [1.807, 2.05) is 16.9 Å². The molecule has 0 saturated carbocycles. The number of aromatic nitrogens is 3. The smallest absolute Gasteiger partial charge is 0.298 e. The van der Waals surface area contributed by atoms with Crippen molar-refractivity contribution in [2.24, 2.45) is 0 Å². The Kier molecular flexibility index (Phi) is 4.44. The summed E-state index contributed by atoms with van der Waals surface area (Å²) in [5, 5.41) is 4.35. The average molecular weight is 339 g/mol. The molecule has 0 amide bonds. The Morgan fingerprint density at radius 3 is 2.76 bits per heavy atom. The highest BCUT2D eigenvalue weighted by Gasteiger charge is 2.21. The highest BCUT2D eigenvalue weighted by Crippen LogP contribution is 2.23. The fourth-order valence-corrected chi connectivity index (χ4v) is 3.32. The fraction of sp³-hybridized carbons (Fsp3) is 0.474. The van der Waals surface area contributed by atoms with Gasteiger partial charge >= 0.3 is 0 Å². The van der Waals surface area contributed by atoms with Gasteiger partial charge in [-0.2, -0.15) is 10.1 Å². The lowest BCUT2D eigenvalue weighted by atomic mass is 10.2. The van der Waals surface area contributed by atoms with E-state index in [4.69, 9.17) is 4.42 Å². The zero-order chi connectivity index (χ0) is 17.2. The summed E-state index contributed by atoms with van der Waals surface area (Å²) in [6.45, 7) is 10.2. The van der Waals surface area contributed by atoms with Crippen LogP contribution in [0.25, 0.3) is 11.1 Å². The van der Waals surface area contributed by atoms with Gasteiger partial charge in [0.1, 0.15) is 5.52 Å². The molecule has 0 radical (unpaired) electrons. The first-order chi connectivity index (χ1) is 12.2. The Morgan fingerprint density at radius 1 is 1.16 bits per heavy atom. The highest BCUT2D eigenvalue weighted by atomic mass is 16.4.